The van der Waals surface area contributed by atoms with Crippen molar-refractivity contribution in [1.82, 2.24) is 15.2 Å². The van der Waals surface area contributed by atoms with Crippen LogP contribution in [0.4, 0.5) is 5.69 Å². The van der Waals surface area contributed by atoms with Crippen LogP contribution < -0.4 is 16.0 Å². The maximum absolute atomic E-state index is 13.2. The second-order valence-electron chi connectivity index (χ2n) is 11.3. The summed E-state index contributed by atoms with van der Waals surface area (Å²) in [5, 5.41) is 9.31. The summed E-state index contributed by atoms with van der Waals surface area (Å²) in [5.74, 6) is -1.47. The minimum atomic E-state index is -1.02. The Kier molecular flexibility index (Phi) is 7.82. The van der Waals surface area contributed by atoms with E-state index in [0.29, 0.717) is 12.1 Å². The minimum absolute atomic E-state index is 0.241. The molecule has 1 saturated heterocycles. The van der Waals surface area contributed by atoms with E-state index < -0.39 is 23.4 Å². The monoisotopic (exact) mass is 540 g/mol. The molecule has 0 aliphatic carbocycles. The van der Waals surface area contributed by atoms with Crippen LogP contribution in [0.15, 0.2) is 80.0 Å². The van der Waals surface area contributed by atoms with E-state index in [1.165, 1.54) is 6.08 Å². The highest BCUT2D eigenvalue weighted by Crippen LogP contribution is 2.30. The Morgan fingerprint density at radius 3 is 2.25 bits per heavy atom. The number of carbonyl (C=O) groups is 4. The second kappa shape index (κ2) is 11.0. The van der Waals surface area contributed by atoms with Crippen LogP contribution in [0.1, 0.15) is 50.0 Å². The quantitative estimate of drug-likeness (QED) is 0.260. The number of nitrogens with one attached hydrogen (secondary N) is 3. The number of rotatable bonds is 10. The van der Waals surface area contributed by atoms with Gasteiger partial charge in [0.15, 0.2) is 5.78 Å². The summed E-state index contributed by atoms with van der Waals surface area (Å²) in [6.07, 6.45) is 5.45. The Balaban J connectivity index is 1.48. The van der Waals surface area contributed by atoms with Crippen LogP contribution in [0, 0.1) is 5.41 Å². The van der Waals surface area contributed by atoms with Gasteiger partial charge in [0, 0.05) is 35.5 Å². The summed E-state index contributed by atoms with van der Waals surface area (Å²) >= 11 is 0. The van der Waals surface area contributed by atoms with Crippen molar-refractivity contribution in [2.45, 2.75) is 58.2 Å². The Morgan fingerprint density at radius 1 is 0.925 bits per heavy atom. The molecule has 3 aromatic rings. The fourth-order valence-corrected chi connectivity index (χ4v) is 4.68. The summed E-state index contributed by atoms with van der Waals surface area (Å²) in [4.78, 5) is 52.0. The molecular weight excluding hydrogens is 504 g/mol. The zero-order valence-corrected chi connectivity index (χ0v) is 23.4. The van der Waals surface area contributed by atoms with Gasteiger partial charge in [-0.3, -0.25) is 19.2 Å². The Morgan fingerprint density at radius 2 is 1.55 bits per heavy atom. The third kappa shape index (κ3) is 5.61. The van der Waals surface area contributed by atoms with E-state index in [1.807, 2.05) is 36.5 Å². The average Bonchev–Trinajstić information content (AvgIpc) is 3.31. The smallest absolute Gasteiger partial charge is 0.243 e. The van der Waals surface area contributed by atoms with Gasteiger partial charge in [0.1, 0.15) is 12.1 Å². The summed E-state index contributed by atoms with van der Waals surface area (Å²) in [7, 11) is 0. The second-order valence-corrected chi connectivity index (χ2v) is 11.3. The van der Waals surface area contributed by atoms with Crippen LogP contribution in [-0.4, -0.2) is 40.2 Å². The van der Waals surface area contributed by atoms with Gasteiger partial charge in [0.05, 0.1) is 16.6 Å². The molecule has 0 unspecified atom stereocenters. The van der Waals surface area contributed by atoms with Crippen molar-refractivity contribution >= 4 is 40.1 Å². The number of fused-ring (bicyclic) bond motifs is 1. The Hall–Kier alpha value is -4.46. The van der Waals surface area contributed by atoms with E-state index in [4.69, 9.17) is 0 Å². The van der Waals surface area contributed by atoms with Crippen LogP contribution in [0.5, 0.6) is 0 Å². The van der Waals surface area contributed by atoms with Gasteiger partial charge in [-0.1, -0.05) is 42.5 Å². The zero-order chi connectivity index (χ0) is 29.2. The summed E-state index contributed by atoms with van der Waals surface area (Å²) in [6, 6.07) is 12.7. The molecular formula is C32H36N4O4. The topological polar surface area (TPSA) is 109 Å². The number of aromatic nitrogens is 1. The summed E-state index contributed by atoms with van der Waals surface area (Å²) in [6.45, 7) is 15.2. The predicted octanol–water partition coefficient (Wildman–Crippen LogP) is 4.51. The molecule has 8 heteroatoms. The number of amides is 3. The molecule has 0 saturated carbocycles. The average molecular weight is 541 g/mol. The number of ketones is 1. The van der Waals surface area contributed by atoms with Crippen molar-refractivity contribution < 1.29 is 19.2 Å². The first-order valence-electron chi connectivity index (χ1n) is 13.3. The number of Topliss-reactive ketones (excluding diaryl/α,β-unsaturated/α-hetero) is 1. The van der Waals surface area contributed by atoms with Crippen molar-refractivity contribution in [2.75, 3.05) is 5.32 Å². The van der Waals surface area contributed by atoms with E-state index in [0.717, 1.165) is 16.5 Å². The van der Waals surface area contributed by atoms with E-state index in [1.54, 1.807) is 38.1 Å². The highest BCUT2D eigenvalue weighted by Gasteiger charge is 2.36. The van der Waals surface area contributed by atoms with Crippen LogP contribution in [0.3, 0.4) is 0 Å². The highest BCUT2D eigenvalue weighted by atomic mass is 16.2. The van der Waals surface area contributed by atoms with E-state index in [9.17, 15) is 19.2 Å². The lowest BCUT2D eigenvalue weighted by atomic mass is 9.92. The van der Waals surface area contributed by atoms with Gasteiger partial charge in [-0.2, -0.15) is 0 Å². The molecule has 1 fully saturated rings. The predicted molar refractivity (Wildman–Crippen MR) is 157 cm³/mol. The zero-order valence-electron chi connectivity index (χ0n) is 23.4. The van der Waals surface area contributed by atoms with Crippen molar-refractivity contribution in [2.24, 2.45) is 5.41 Å². The van der Waals surface area contributed by atoms with Crippen LogP contribution >= 0.6 is 0 Å². The molecule has 3 N–H and O–H groups in total. The van der Waals surface area contributed by atoms with Crippen molar-refractivity contribution in [1.29, 1.82) is 0 Å². The maximum atomic E-state index is 13.2. The first kappa shape index (κ1) is 28.5. The van der Waals surface area contributed by atoms with Crippen LogP contribution in [0.2, 0.25) is 0 Å². The number of piperazine rings is 1. The van der Waals surface area contributed by atoms with Gasteiger partial charge in [0.25, 0.3) is 0 Å². The van der Waals surface area contributed by atoms with Gasteiger partial charge in [-0.05, 0) is 51.5 Å². The molecule has 1 aromatic heterocycles. The SMILES string of the molecule is C=CC(C)(C)C(=O)Nc1ccccc1C(=O)C[C@@H]1NC(=O)[C@H](Cc2cn(C(C)(C)C=C)c3ccccc23)NC1=O. The molecule has 0 radical (unpaired) electrons. The van der Waals surface area contributed by atoms with Gasteiger partial charge in [-0.15, -0.1) is 13.2 Å². The third-order valence-corrected chi connectivity index (χ3v) is 7.57. The van der Waals surface area contributed by atoms with Crippen LogP contribution in [0.25, 0.3) is 10.9 Å². The molecule has 0 bridgehead atoms. The van der Waals surface area contributed by atoms with Gasteiger partial charge >= 0.3 is 0 Å². The number of hydrogen-bond acceptors (Lipinski definition) is 4. The molecule has 1 aliphatic rings. The number of carbonyl (C=O) groups excluding carboxylic acids is 4. The van der Waals surface area contributed by atoms with E-state index in [-0.39, 0.29) is 35.1 Å². The molecule has 1 aliphatic heterocycles. The van der Waals surface area contributed by atoms with E-state index >= 15 is 0 Å². The molecule has 2 heterocycles. The number of para-hydroxylation sites is 2. The standard InChI is InChI=1S/C32H36N4O4/c1-7-31(3,4)30(40)35-23-15-11-9-14-22(23)27(37)18-25-29(39)33-24(28(38)34-25)17-20-19-36(32(5,6)8-2)26-16-12-10-13-21(20)26/h7-16,19,24-25H,1-2,17-18H2,3-6H3,(H,33,39)(H,34,38)(H,35,40)/t24-,25-/m0/s1. The Bertz CT molecular complexity index is 1510. The third-order valence-electron chi connectivity index (χ3n) is 7.57. The van der Waals surface area contributed by atoms with Gasteiger partial charge in [-0.25, -0.2) is 0 Å². The first-order chi connectivity index (χ1) is 18.9. The van der Waals surface area contributed by atoms with Crippen LogP contribution in [-0.2, 0) is 26.3 Å². The highest BCUT2D eigenvalue weighted by molar-refractivity contribution is 6.08. The van der Waals surface area contributed by atoms with Gasteiger partial charge in [0.2, 0.25) is 17.7 Å². The number of hydrogen-bond donors (Lipinski definition) is 3. The fourth-order valence-electron chi connectivity index (χ4n) is 4.68. The van der Waals surface area contributed by atoms with Crippen molar-refractivity contribution in [3.8, 4) is 0 Å². The van der Waals surface area contributed by atoms with Gasteiger partial charge < -0.3 is 20.5 Å². The molecule has 2 aromatic carbocycles. The maximum Gasteiger partial charge on any atom is 0.243 e. The number of nitrogens with zero attached hydrogens (tertiary/aromatic N) is 1. The largest absolute Gasteiger partial charge is 0.342 e. The van der Waals surface area contributed by atoms with Crippen molar-refractivity contribution in [3.05, 3.63) is 91.2 Å². The molecule has 8 nitrogen and oxygen atoms in total. The summed E-state index contributed by atoms with van der Waals surface area (Å²) in [5.41, 5.74) is 1.35. The number of benzene rings is 2. The molecule has 3 amide bonds. The summed E-state index contributed by atoms with van der Waals surface area (Å²) < 4.78 is 2.11. The molecule has 2 atom stereocenters. The number of anilines is 1. The molecule has 208 valence electrons. The normalized spacial score (nSPS) is 17.6. The lowest BCUT2D eigenvalue weighted by molar-refractivity contribution is -0.136. The molecule has 40 heavy (non-hydrogen) atoms. The first-order valence-corrected chi connectivity index (χ1v) is 13.3. The minimum Gasteiger partial charge on any atom is -0.342 e. The Labute approximate surface area is 234 Å². The molecule has 0 spiro atoms. The van der Waals surface area contributed by atoms with Crippen molar-refractivity contribution in [3.63, 3.8) is 0 Å². The molecule has 4 rings (SSSR count). The fraction of sp³-hybridized carbons (Fsp3) is 0.312. The van der Waals surface area contributed by atoms with E-state index in [2.05, 4.69) is 47.5 Å². The lowest BCUT2D eigenvalue weighted by Crippen LogP contribution is -2.62. The number of allylic oxidation sites excluding steroid dienone is 1. The lowest BCUT2D eigenvalue weighted by Gasteiger charge is -2.29.